The number of rotatable bonds is 13. The average Bonchev–Trinajstić information content (AvgIpc) is 2.99. The smallest absolute Gasteiger partial charge is 0.335 e. The number of halogens is 1. The summed E-state index contributed by atoms with van der Waals surface area (Å²) in [6.07, 6.45) is 2.05. The third-order valence-corrected chi connectivity index (χ3v) is 7.79. The van der Waals surface area contributed by atoms with Crippen molar-refractivity contribution in [2.75, 3.05) is 38.0 Å². The van der Waals surface area contributed by atoms with Crippen LogP contribution in [0.25, 0.3) is 0 Å². The first-order chi connectivity index (χ1) is 20.6. The van der Waals surface area contributed by atoms with Crippen LogP contribution in [-0.2, 0) is 15.8 Å². The van der Waals surface area contributed by atoms with Crippen LogP contribution in [-0.4, -0.2) is 72.2 Å². The van der Waals surface area contributed by atoms with Crippen LogP contribution in [0.1, 0.15) is 38.1 Å². The number of urea groups is 1. The van der Waals surface area contributed by atoms with Gasteiger partial charge in [-0.15, -0.1) is 11.6 Å². The molecule has 2 N–H and O–H groups in total. The molecular formula is C28H37ClN6O6S2. The van der Waals surface area contributed by atoms with Gasteiger partial charge in [0.2, 0.25) is 5.95 Å². The molecule has 43 heavy (non-hydrogen) atoms. The number of aromatic nitrogens is 3. The van der Waals surface area contributed by atoms with E-state index in [2.05, 4.69) is 46.2 Å². The molecule has 15 heteroatoms. The molecule has 0 radical (unpaired) electrons. The van der Waals surface area contributed by atoms with Gasteiger partial charge in [-0.25, -0.2) is 17.9 Å². The molecule has 0 aliphatic heterocycles. The Morgan fingerprint density at radius 2 is 1.63 bits per heavy atom. The minimum atomic E-state index is -4.20. The van der Waals surface area contributed by atoms with Crippen molar-refractivity contribution in [1.29, 1.82) is 0 Å². The SMILES string of the molecule is CCCN(CCC)C(=O)SCc1ccccc1.COc1nc(C)nc(NC(=O)NS(=O)(=O)c2ccccc2OCCCl)n1. The number of nitrogens with one attached hydrogen (secondary N) is 2. The first kappa shape index (κ1) is 35.6. The number of hydrogen-bond donors (Lipinski definition) is 2. The van der Waals surface area contributed by atoms with Crippen LogP contribution >= 0.6 is 23.4 Å². The van der Waals surface area contributed by atoms with Gasteiger partial charge >= 0.3 is 12.0 Å². The highest BCUT2D eigenvalue weighted by Crippen LogP contribution is 2.23. The van der Waals surface area contributed by atoms with Gasteiger partial charge in [0, 0.05) is 18.8 Å². The Morgan fingerprint density at radius 1 is 0.977 bits per heavy atom. The van der Waals surface area contributed by atoms with E-state index in [4.69, 9.17) is 21.1 Å². The highest BCUT2D eigenvalue weighted by Gasteiger charge is 2.23. The Kier molecular flexibility index (Phi) is 15.6. The second-order valence-corrected chi connectivity index (χ2v) is 11.7. The second-order valence-electron chi connectivity index (χ2n) is 8.76. The molecule has 2 aromatic carbocycles. The van der Waals surface area contributed by atoms with E-state index in [1.165, 1.54) is 42.6 Å². The molecule has 0 atom stereocenters. The number of aryl methyl sites for hydroxylation is 1. The molecule has 3 rings (SSSR count). The van der Waals surface area contributed by atoms with Gasteiger partial charge < -0.3 is 14.4 Å². The number of anilines is 1. The predicted octanol–water partition coefficient (Wildman–Crippen LogP) is 5.48. The highest BCUT2D eigenvalue weighted by atomic mass is 35.5. The van der Waals surface area contributed by atoms with E-state index in [0.717, 1.165) is 31.7 Å². The van der Waals surface area contributed by atoms with Gasteiger partial charge in [0.05, 0.1) is 13.0 Å². The van der Waals surface area contributed by atoms with Crippen molar-refractivity contribution in [1.82, 2.24) is 24.6 Å². The number of carbonyl (C=O) groups is 2. The van der Waals surface area contributed by atoms with E-state index < -0.39 is 16.1 Å². The van der Waals surface area contributed by atoms with Gasteiger partial charge in [-0.2, -0.15) is 15.0 Å². The first-order valence-electron chi connectivity index (χ1n) is 13.5. The Morgan fingerprint density at radius 3 is 2.26 bits per heavy atom. The van der Waals surface area contributed by atoms with Gasteiger partial charge in [-0.05, 0) is 37.5 Å². The lowest BCUT2D eigenvalue weighted by Crippen LogP contribution is -2.35. The first-order valence-corrected chi connectivity index (χ1v) is 16.5. The summed E-state index contributed by atoms with van der Waals surface area (Å²) in [5, 5.41) is 2.42. The molecule has 0 aliphatic carbocycles. The van der Waals surface area contributed by atoms with Gasteiger partial charge in [-0.1, -0.05) is 68.1 Å². The number of amides is 3. The van der Waals surface area contributed by atoms with Crippen LogP contribution in [0.5, 0.6) is 11.8 Å². The number of hydrogen-bond acceptors (Lipinski definition) is 10. The minimum absolute atomic E-state index is 0.0181. The molecule has 0 saturated carbocycles. The Hall–Kier alpha value is -3.62. The predicted molar refractivity (Wildman–Crippen MR) is 168 cm³/mol. The van der Waals surface area contributed by atoms with Crippen molar-refractivity contribution in [2.45, 2.75) is 44.3 Å². The van der Waals surface area contributed by atoms with E-state index in [9.17, 15) is 18.0 Å². The van der Waals surface area contributed by atoms with Crippen molar-refractivity contribution >= 4 is 50.6 Å². The summed E-state index contributed by atoms with van der Waals surface area (Å²) in [6.45, 7) is 7.64. The number of para-hydroxylation sites is 1. The third-order valence-electron chi connectivity index (χ3n) is 5.29. The molecule has 1 aromatic heterocycles. The summed E-state index contributed by atoms with van der Waals surface area (Å²) in [5.41, 5.74) is 1.21. The molecule has 0 spiro atoms. The molecule has 1 heterocycles. The van der Waals surface area contributed by atoms with Gasteiger partial charge in [0.15, 0.2) is 0 Å². The lowest BCUT2D eigenvalue weighted by molar-refractivity contribution is 0.223. The van der Waals surface area contributed by atoms with E-state index in [1.807, 2.05) is 27.8 Å². The van der Waals surface area contributed by atoms with E-state index in [0.29, 0.717) is 0 Å². The molecule has 12 nitrogen and oxygen atoms in total. The number of alkyl halides is 1. The fraction of sp³-hybridized carbons (Fsp3) is 0.393. The number of nitrogens with zero attached hydrogens (tertiary/aromatic N) is 4. The Balaban J connectivity index is 0.000000329. The fourth-order valence-corrected chi connectivity index (χ4v) is 5.47. The molecule has 0 unspecified atom stereocenters. The quantitative estimate of drug-likeness (QED) is 0.227. The van der Waals surface area contributed by atoms with Crippen molar-refractivity contribution in [3.05, 3.63) is 66.0 Å². The van der Waals surface area contributed by atoms with Crippen LogP contribution in [0.3, 0.4) is 0 Å². The standard InChI is InChI=1S/C14H16ClN5O5S.C14H21NOS/c1-9-16-12(19-14(17-9)24-2)18-13(21)20-26(22,23)11-6-4-3-5-10(11)25-8-7-15;1-3-10-15(11-4-2)14(16)17-12-13-8-6-5-7-9-13/h3-6H,7-8H2,1-2H3,(H2,16,17,18,19,20,21);5-9H,3-4,10-12H2,1-2H3. The number of ether oxygens (including phenoxy) is 2. The summed E-state index contributed by atoms with van der Waals surface area (Å²) in [5.74, 6) is 1.15. The maximum absolute atomic E-state index is 12.4. The topological polar surface area (TPSA) is 153 Å². The lowest BCUT2D eigenvalue weighted by atomic mass is 10.2. The molecule has 3 amide bonds. The van der Waals surface area contributed by atoms with Crippen LogP contribution in [0.15, 0.2) is 59.5 Å². The molecule has 234 valence electrons. The number of carbonyl (C=O) groups excluding carboxylic acids is 2. The zero-order chi connectivity index (χ0) is 31.7. The summed E-state index contributed by atoms with van der Waals surface area (Å²) in [7, 11) is -2.85. The molecule has 0 aliphatic rings. The normalized spacial score (nSPS) is 10.6. The van der Waals surface area contributed by atoms with Crippen molar-refractivity contribution in [3.63, 3.8) is 0 Å². The summed E-state index contributed by atoms with van der Waals surface area (Å²) in [6, 6.07) is 14.9. The number of benzene rings is 2. The van der Waals surface area contributed by atoms with Gasteiger partial charge in [-0.3, -0.25) is 10.1 Å². The van der Waals surface area contributed by atoms with E-state index >= 15 is 0 Å². The third kappa shape index (κ3) is 12.6. The van der Waals surface area contributed by atoms with E-state index in [1.54, 1.807) is 13.0 Å². The monoisotopic (exact) mass is 652 g/mol. The summed E-state index contributed by atoms with van der Waals surface area (Å²) < 4.78 is 36.9. The minimum Gasteiger partial charge on any atom is -0.491 e. The molecule has 3 aromatic rings. The van der Waals surface area contributed by atoms with Crippen LogP contribution in [0, 0.1) is 6.92 Å². The Labute approximate surface area is 262 Å². The van der Waals surface area contributed by atoms with Gasteiger partial charge in [0.1, 0.15) is 23.1 Å². The fourth-order valence-electron chi connectivity index (χ4n) is 3.49. The van der Waals surface area contributed by atoms with Crippen molar-refractivity contribution < 1.29 is 27.5 Å². The molecule has 0 fully saturated rings. The number of sulfonamides is 1. The van der Waals surface area contributed by atoms with Crippen LogP contribution < -0.4 is 19.5 Å². The second kappa shape index (κ2) is 18.8. The largest absolute Gasteiger partial charge is 0.491 e. The maximum Gasteiger partial charge on any atom is 0.335 e. The van der Waals surface area contributed by atoms with Gasteiger partial charge in [0.25, 0.3) is 15.3 Å². The average molecular weight is 653 g/mol. The van der Waals surface area contributed by atoms with E-state index in [-0.39, 0.29) is 46.2 Å². The maximum atomic E-state index is 12.4. The van der Waals surface area contributed by atoms with Crippen molar-refractivity contribution in [2.24, 2.45) is 0 Å². The number of thioether (sulfide) groups is 1. The zero-order valence-corrected chi connectivity index (χ0v) is 27.0. The number of methoxy groups -OCH3 is 1. The highest BCUT2D eigenvalue weighted by molar-refractivity contribution is 8.12. The molecule has 0 saturated heterocycles. The van der Waals surface area contributed by atoms with Crippen molar-refractivity contribution in [3.8, 4) is 11.8 Å². The van der Waals surface area contributed by atoms with Crippen LogP contribution in [0.4, 0.5) is 15.5 Å². The van der Waals surface area contributed by atoms with Crippen LogP contribution in [0.2, 0.25) is 0 Å². The molecule has 0 bridgehead atoms. The Bertz CT molecular complexity index is 1410. The summed E-state index contributed by atoms with van der Waals surface area (Å²) >= 11 is 6.95. The summed E-state index contributed by atoms with van der Waals surface area (Å²) in [4.78, 5) is 37.3. The lowest BCUT2D eigenvalue weighted by Gasteiger charge is -2.20. The molecular weight excluding hydrogens is 616 g/mol. The zero-order valence-electron chi connectivity index (χ0n) is 24.6.